The number of amides is 3. The summed E-state index contributed by atoms with van der Waals surface area (Å²) in [4.78, 5) is 33.6. The van der Waals surface area contributed by atoms with Crippen LogP contribution in [0.15, 0.2) is 77.4 Å². The van der Waals surface area contributed by atoms with Gasteiger partial charge in [0.2, 0.25) is 5.91 Å². The Hall–Kier alpha value is -4.02. The van der Waals surface area contributed by atoms with E-state index in [1.54, 1.807) is 32.3 Å². The van der Waals surface area contributed by atoms with E-state index in [1.165, 1.54) is 4.90 Å². The zero-order valence-electron chi connectivity index (χ0n) is 23.5. The first-order valence-electron chi connectivity index (χ1n) is 13.3. The van der Waals surface area contributed by atoms with Crippen LogP contribution >= 0.6 is 15.9 Å². The minimum Gasteiger partial charge on any atom is -0.493 e. The fourth-order valence-corrected chi connectivity index (χ4v) is 4.94. The van der Waals surface area contributed by atoms with Gasteiger partial charge in [-0.2, -0.15) is 0 Å². The number of nitrogens with one attached hydrogen (secondary N) is 2. The molecular formula is C31H35BrN4O5. The predicted molar refractivity (Wildman–Crippen MR) is 164 cm³/mol. The maximum absolute atomic E-state index is 13.8. The van der Waals surface area contributed by atoms with Crippen molar-refractivity contribution in [2.75, 3.05) is 52.9 Å². The first-order chi connectivity index (χ1) is 19.9. The molecule has 0 aliphatic rings. The van der Waals surface area contributed by atoms with Gasteiger partial charge in [-0.15, -0.1) is 0 Å². The van der Waals surface area contributed by atoms with Crippen molar-refractivity contribution in [1.82, 2.24) is 14.8 Å². The van der Waals surface area contributed by atoms with Crippen molar-refractivity contribution in [3.8, 4) is 11.5 Å². The van der Waals surface area contributed by atoms with Gasteiger partial charge in [-0.05, 0) is 63.8 Å². The third kappa shape index (κ3) is 7.80. The largest absolute Gasteiger partial charge is 0.493 e. The predicted octanol–water partition coefficient (Wildman–Crippen LogP) is 5.70. The summed E-state index contributed by atoms with van der Waals surface area (Å²) < 4.78 is 16.8. The fraction of sp³-hybridized carbons (Fsp3) is 0.290. The second-order valence-corrected chi connectivity index (χ2v) is 10.3. The average molecular weight is 624 g/mol. The molecular weight excluding hydrogens is 588 g/mol. The van der Waals surface area contributed by atoms with Crippen LogP contribution < -0.4 is 14.8 Å². The van der Waals surface area contributed by atoms with E-state index in [4.69, 9.17) is 14.2 Å². The van der Waals surface area contributed by atoms with E-state index >= 15 is 0 Å². The summed E-state index contributed by atoms with van der Waals surface area (Å²) in [6, 6.07) is 20.7. The number of anilines is 1. The Morgan fingerprint density at radius 1 is 0.902 bits per heavy atom. The molecule has 4 aromatic rings. The Bertz CT molecular complexity index is 1470. The Kier molecular flexibility index (Phi) is 10.6. The van der Waals surface area contributed by atoms with Gasteiger partial charge in [-0.25, -0.2) is 4.79 Å². The Balaban J connectivity index is 1.55. The van der Waals surface area contributed by atoms with Crippen LogP contribution in [-0.2, 0) is 22.5 Å². The van der Waals surface area contributed by atoms with E-state index in [0.717, 1.165) is 26.5 Å². The first-order valence-corrected chi connectivity index (χ1v) is 14.1. The lowest BCUT2D eigenvalue weighted by molar-refractivity contribution is -0.132. The second kappa shape index (κ2) is 14.6. The molecule has 0 aliphatic carbocycles. The number of hydrogen-bond acceptors (Lipinski definition) is 5. The number of aromatic nitrogens is 1. The zero-order valence-corrected chi connectivity index (χ0v) is 25.1. The maximum atomic E-state index is 13.8. The monoisotopic (exact) mass is 622 g/mol. The summed E-state index contributed by atoms with van der Waals surface area (Å²) in [6.07, 6.45) is 2.63. The fourth-order valence-electron chi connectivity index (χ4n) is 4.56. The van der Waals surface area contributed by atoms with E-state index in [9.17, 15) is 9.59 Å². The van der Waals surface area contributed by atoms with Gasteiger partial charge in [-0.1, -0.05) is 36.4 Å². The highest BCUT2D eigenvalue weighted by molar-refractivity contribution is 9.10. The molecule has 0 aliphatic heterocycles. The number of rotatable bonds is 13. The van der Waals surface area contributed by atoms with Gasteiger partial charge in [0.15, 0.2) is 11.5 Å². The minimum absolute atomic E-state index is 0.110. The lowest BCUT2D eigenvalue weighted by atomic mass is 10.1. The molecule has 1 heterocycles. The molecule has 0 unspecified atom stereocenters. The van der Waals surface area contributed by atoms with Gasteiger partial charge >= 0.3 is 6.03 Å². The van der Waals surface area contributed by atoms with Crippen LogP contribution in [0, 0.1) is 0 Å². The van der Waals surface area contributed by atoms with Crippen molar-refractivity contribution < 1.29 is 23.8 Å². The summed E-state index contributed by atoms with van der Waals surface area (Å²) in [5, 5.41) is 4.02. The number of nitrogens with zero attached hydrogens (tertiary/aromatic N) is 2. The molecule has 0 atom stereocenters. The van der Waals surface area contributed by atoms with Crippen molar-refractivity contribution in [2.24, 2.45) is 0 Å². The van der Waals surface area contributed by atoms with Crippen LogP contribution in [0.5, 0.6) is 11.5 Å². The first kappa shape index (κ1) is 30.0. The number of methoxy groups -OCH3 is 3. The van der Waals surface area contributed by atoms with Crippen LogP contribution in [0.25, 0.3) is 10.9 Å². The van der Waals surface area contributed by atoms with Gasteiger partial charge in [0.1, 0.15) is 6.54 Å². The van der Waals surface area contributed by atoms with E-state index < -0.39 is 0 Å². The van der Waals surface area contributed by atoms with Gasteiger partial charge in [0, 0.05) is 48.3 Å². The minimum atomic E-state index is -0.384. The third-order valence-corrected chi connectivity index (χ3v) is 7.49. The van der Waals surface area contributed by atoms with Crippen molar-refractivity contribution >= 4 is 44.5 Å². The van der Waals surface area contributed by atoms with Crippen LogP contribution in [0.3, 0.4) is 0 Å². The molecule has 3 aromatic carbocycles. The van der Waals surface area contributed by atoms with Crippen molar-refractivity contribution in [2.45, 2.75) is 13.0 Å². The summed E-state index contributed by atoms with van der Waals surface area (Å²) in [7, 11) is 4.73. The lowest BCUT2D eigenvalue weighted by Crippen LogP contribution is -2.46. The van der Waals surface area contributed by atoms with Crippen molar-refractivity contribution in [3.63, 3.8) is 0 Å². The molecule has 4 rings (SSSR count). The molecule has 0 spiro atoms. The summed E-state index contributed by atoms with van der Waals surface area (Å²) in [6.45, 7) is 1.23. The summed E-state index contributed by atoms with van der Waals surface area (Å²) in [5.41, 5.74) is 3.67. The molecule has 1 aromatic heterocycles. The number of hydrogen-bond donors (Lipinski definition) is 2. The Labute approximate surface area is 248 Å². The standard InChI is InChI=1S/C31H35BrN4O5/c1-39-17-16-36(31(38)34-27-11-7-5-9-25(27)32)21-30(37)35(20-22-12-13-28(40-2)29(18-22)41-3)15-14-23-19-33-26-10-6-4-8-24(23)26/h4-13,18-19,33H,14-17,20-21H2,1-3H3,(H,34,38). The van der Waals surface area contributed by atoms with Gasteiger partial charge in [-0.3, -0.25) is 4.79 Å². The highest BCUT2D eigenvalue weighted by Crippen LogP contribution is 2.28. The smallest absolute Gasteiger partial charge is 0.322 e. The molecule has 0 bridgehead atoms. The molecule has 216 valence electrons. The number of fused-ring (bicyclic) bond motifs is 1. The molecule has 0 fully saturated rings. The van der Waals surface area contributed by atoms with Crippen LogP contribution in [0.4, 0.5) is 10.5 Å². The van der Waals surface area contributed by atoms with Crippen molar-refractivity contribution in [3.05, 3.63) is 88.5 Å². The summed E-state index contributed by atoms with van der Waals surface area (Å²) in [5.74, 6) is 1.02. The Morgan fingerprint density at radius 3 is 2.41 bits per heavy atom. The number of carbonyl (C=O) groups is 2. The zero-order chi connectivity index (χ0) is 29.2. The number of para-hydroxylation sites is 2. The Morgan fingerprint density at radius 2 is 1.66 bits per heavy atom. The van der Waals surface area contributed by atoms with E-state index in [2.05, 4.69) is 32.3 Å². The van der Waals surface area contributed by atoms with E-state index in [1.807, 2.05) is 60.8 Å². The van der Waals surface area contributed by atoms with Crippen LogP contribution in [0.2, 0.25) is 0 Å². The second-order valence-electron chi connectivity index (χ2n) is 9.44. The number of urea groups is 1. The lowest BCUT2D eigenvalue weighted by Gasteiger charge is -2.28. The number of H-pyrrole nitrogens is 1. The number of benzene rings is 3. The number of aromatic amines is 1. The maximum Gasteiger partial charge on any atom is 0.322 e. The molecule has 41 heavy (non-hydrogen) atoms. The van der Waals surface area contributed by atoms with Gasteiger partial charge in [0.05, 0.1) is 26.5 Å². The average Bonchev–Trinajstić information content (AvgIpc) is 3.41. The van der Waals surface area contributed by atoms with Crippen LogP contribution in [-0.4, -0.2) is 74.3 Å². The van der Waals surface area contributed by atoms with Gasteiger partial charge < -0.3 is 34.3 Å². The summed E-state index contributed by atoms with van der Waals surface area (Å²) >= 11 is 3.46. The van der Waals surface area contributed by atoms with Gasteiger partial charge in [0.25, 0.3) is 0 Å². The van der Waals surface area contributed by atoms with E-state index in [0.29, 0.717) is 43.3 Å². The molecule has 9 nitrogen and oxygen atoms in total. The highest BCUT2D eigenvalue weighted by atomic mass is 79.9. The quantitative estimate of drug-likeness (QED) is 0.199. The third-order valence-electron chi connectivity index (χ3n) is 6.79. The molecule has 0 saturated heterocycles. The number of carbonyl (C=O) groups excluding carboxylic acids is 2. The van der Waals surface area contributed by atoms with Crippen LogP contribution in [0.1, 0.15) is 11.1 Å². The number of halogens is 1. The number of ether oxygens (including phenoxy) is 3. The molecule has 0 radical (unpaired) electrons. The molecule has 10 heteroatoms. The topological polar surface area (TPSA) is 96.1 Å². The SMILES string of the molecule is COCCN(CC(=O)N(CCc1c[nH]c2ccccc12)Cc1ccc(OC)c(OC)c1)C(=O)Nc1ccccc1Br. The van der Waals surface area contributed by atoms with E-state index in [-0.39, 0.29) is 25.0 Å². The molecule has 0 saturated carbocycles. The van der Waals surface area contributed by atoms with Crippen molar-refractivity contribution in [1.29, 1.82) is 0 Å². The molecule has 2 N–H and O–H groups in total. The highest BCUT2D eigenvalue weighted by Gasteiger charge is 2.23. The normalized spacial score (nSPS) is 10.8. The molecule has 3 amide bonds.